The lowest BCUT2D eigenvalue weighted by atomic mass is 9.99. The summed E-state index contributed by atoms with van der Waals surface area (Å²) >= 11 is 0. The molecule has 1 aliphatic rings. The summed E-state index contributed by atoms with van der Waals surface area (Å²) in [5.41, 5.74) is 0. The van der Waals surface area contributed by atoms with Crippen LogP contribution in [0, 0.1) is 0 Å². The van der Waals surface area contributed by atoms with E-state index in [1.807, 2.05) is 6.08 Å². The van der Waals surface area contributed by atoms with Gasteiger partial charge in [-0.25, -0.2) is 0 Å². The highest BCUT2D eigenvalue weighted by molar-refractivity contribution is 5.80. The molecular weight excluding hydrogens is 955 g/mol. The van der Waals surface area contributed by atoms with Gasteiger partial charge in [0.25, 0.3) is 0 Å². The molecule has 6 N–H and O–H groups in total. The quantitative estimate of drug-likeness (QED) is 0.0195. The zero-order chi connectivity index (χ0) is 55.4. The van der Waals surface area contributed by atoms with Gasteiger partial charge in [0.1, 0.15) is 24.4 Å². The number of amides is 1. The lowest BCUT2D eigenvalue weighted by Gasteiger charge is -2.41. The Kier molecular flexibility index (Phi) is 49.8. The predicted octanol–water partition coefficient (Wildman–Crippen LogP) is 15.0. The molecule has 442 valence electrons. The molecule has 11 nitrogen and oxygen atoms in total. The minimum Gasteiger partial charge on any atom is -0.454 e. The number of hydrogen-bond acceptors (Lipinski definition) is 10. The van der Waals surface area contributed by atoms with E-state index in [0.717, 1.165) is 96.3 Å². The SMILES string of the molecule is CCCCC/C=C\C/C=C\CCCCCCCCCCCC(=O)OC1C(OCC(NC(=O)C(O)CCCCCCCC/C=C\C/C=C\CCCCC)C(O)/C=C/CCCCCCCCCCCC)OC(CO)C(O)C1O. The summed E-state index contributed by atoms with van der Waals surface area (Å²) in [6.45, 7) is 5.74. The lowest BCUT2D eigenvalue weighted by Crippen LogP contribution is -2.61. The summed E-state index contributed by atoms with van der Waals surface area (Å²) in [7, 11) is 0. The van der Waals surface area contributed by atoms with Crippen molar-refractivity contribution in [1.82, 2.24) is 5.32 Å². The molecule has 0 saturated carbocycles. The molecule has 0 aromatic heterocycles. The van der Waals surface area contributed by atoms with E-state index in [9.17, 15) is 35.1 Å². The van der Waals surface area contributed by atoms with Crippen LogP contribution in [0.3, 0.4) is 0 Å². The molecule has 0 radical (unpaired) electrons. The van der Waals surface area contributed by atoms with Crippen LogP contribution in [-0.4, -0.2) is 99.6 Å². The summed E-state index contributed by atoms with van der Waals surface area (Å²) < 4.78 is 17.6. The van der Waals surface area contributed by atoms with Gasteiger partial charge in [-0.1, -0.05) is 242 Å². The predicted molar refractivity (Wildman–Crippen MR) is 315 cm³/mol. The molecule has 76 heavy (non-hydrogen) atoms. The summed E-state index contributed by atoms with van der Waals surface area (Å²) in [6, 6.07) is -1.03. The fourth-order valence-electron chi connectivity index (χ4n) is 9.59. The molecule has 1 fully saturated rings. The fraction of sp³-hybridized carbons (Fsp3) is 0.815. The van der Waals surface area contributed by atoms with Gasteiger partial charge in [0.2, 0.25) is 5.91 Å². The maximum absolute atomic E-state index is 13.4. The van der Waals surface area contributed by atoms with Gasteiger partial charge in [-0.2, -0.15) is 0 Å². The topological polar surface area (TPSA) is 175 Å². The highest BCUT2D eigenvalue weighted by Gasteiger charge is 2.47. The van der Waals surface area contributed by atoms with E-state index in [4.69, 9.17) is 14.2 Å². The summed E-state index contributed by atoms with van der Waals surface area (Å²) in [5, 5.41) is 57.0. The molecule has 1 saturated heterocycles. The minimum atomic E-state index is -1.62. The first-order valence-corrected chi connectivity index (χ1v) is 31.6. The van der Waals surface area contributed by atoms with Crippen molar-refractivity contribution in [3.63, 3.8) is 0 Å². The van der Waals surface area contributed by atoms with Crippen LogP contribution in [0.1, 0.15) is 278 Å². The number of allylic oxidation sites excluding steroid dienone is 9. The lowest BCUT2D eigenvalue weighted by molar-refractivity contribution is -0.305. The van der Waals surface area contributed by atoms with Crippen molar-refractivity contribution >= 4 is 11.9 Å². The third kappa shape index (κ3) is 40.5. The van der Waals surface area contributed by atoms with Crippen LogP contribution in [0.15, 0.2) is 60.8 Å². The Morgan fingerprint density at radius 3 is 1.37 bits per heavy atom. The summed E-state index contributed by atoms with van der Waals surface area (Å²) in [5.74, 6) is -1.20. The van der Waals surface area contributed by atoms with Crippen molar-refractivity contribution in [3.05, 3.63) is 60.8 Å². The number of nitrogens with one attached hydrogen (secondary N) is 1. The number of esters is 1. The van der Waals surface area contributed by atoms with Crippen LogP contribution in [0.5, 0.6) is 0 Å². The second-order valence-electron chi connectivity index (χ2n) is 21.8. The average molecular weight is 1070 g/mol. The molecular formula is C65H117NO10. The summed E-state index contributed by atoms with van der Waals surface area (Å²) in [4.78, 5) is 26.6. The van der Waals surface area contributed by atoms with Gasteiger partial charge in [0, 0.05) is 6.42 Å². The van der Waals surface area contributed by atoms with Gasteiger partial charge < -0.3 is 45.1 Å². The second-order valence-corrected chi connectivity index (χ2v) is 21.8. The first kappa shape index (κ1) is 71.4. The number of aliphatic hydroxyl groups is 5. The van der Waals surface area contributed by atoms with Crippen LogP contribution in [0.2, 0.25) is 0 Å². The van der Waals surface area contributed by atoms with E-state index in [2.05, 4.69) is 74.7 Å². The Hall–Kier alpha value is -2.64. The van der Waals surface area contributed by atoms with Crippen LogP contribution in [-0.2, 0) is 23.8 Å². The highest BCUT2D eigenvalue weighted by Crippen LogP contribution is 2.26. The van der Waals surface area contributed by atoms with E-state index in [1.54, 1.807) is 6.08 Å². The number of aliphatic hydroxyl groups excluding tert-OH is 5. The monoisotopic (exact) mass is 1070 g/mol. The van der Waals surface area contributed by atoms with Crippen LogP contribution in [0.4, 0.5) is 0 Å². The van der Waals surface area contributed by atoms with Crippen LogP contribution >= 0.6 is 0 Å². The van der Waals surface area contributed by atoms with Crippen LogP contribution < -0.4 is 5.32 Å². The molecule has 11 heteroatoms. The summed E-state index contributed by atoms with van der Waals surface area (Å²) in [6.07, 6.45) is 55.3. The number of unbranched alkanes of at least 4 members (excludes halogenated alkanes) is 31. The Bertz CT molecular complexity index is 1460. The smallest absolute Gasteiger partial charge is 0.306 e. The van der Waals surface area contributed by atoms with Crippen molar-refractivity contribution in [3.8, 4) is 0 Å². The Morgan fingerprint density at radius 1 is 0.513 bits per heavy atom. The number of ether oxygens (including phenoxy) is 3. The zero-order valence-corrected chi connectivity index (χ0v) is 48.9. The first-order valence-electron chi connectivity index (χ1n) is 31.6. The highest BCUT2D eigenvalue weighted by atomic mass is 16.7. The third-order valence-electron chi connectivity index (χ3n) is 14.6. The van der Waals surface area contributed by atoms with Gasteiger partial charge in [-0.05, 0) is 89.9 Å². The molecule has 0 spiro atoms. The molecule has 0 aromatic carbocycles. The molecule has 0 bridgehead atoms. The molecule has 1 aliphatic heterocycles. The van der Waals surface area contributed by atoms with E-state index in [1.165, 1.54) is 135 Å². The molecule has 0 aromatic rings. The normalized spacial score (nSPS) is 19.5. The zero-order valence-electron chi connectivity index (χ0n) is 48.9. The van der Waals surface area contributed by atoms with Crippen molar-refractivity contribution in [1.29, 1.82) is 0 Å². The maximum atomic E-state index is 13.4. The molecule has 0 aliphatic carbocycles. The van der Waals surface area contributed by atoms with E-state index < -0.39 is 67.4 Å². The van der Waals surface area contributed by atoms with E-state index in [0.29, 0.717) is 12.8 Å². The fourth-order valence-corrected chi connectivity index (χ4v) is 9.59. The average Bonchev–Trinajstić information content (AvgIpc) is 3.42. The maximum Gasteiger partial charge on any atom is 0.306 e. The number of carbonyl (C=O) groups excluding carboxylic acids is 2. The Morgan fingerprint density at radius 2 is 0.908 bits per heavy atom. The van der Waals surface area contributed by atoms with Gasteiger partial charge in [-0.3, -0.25) is 9.59 Å². The number of carbonyl (C=O) groups is 2. The van der Waals surface area contributed by atoms with Gasteiger partial charge >= 0.3 is 5.97 Å². The molecule has 8 atom stereocenters. The van der Waals surface area contributed by atoms with Crippen molar-refractivity contribution in [2.75, 3.05) is 13.2 Å². The molecule has 1 heterocycles. The van der Waals surface area contributed by atoms with Crippen molar-refractivity contribution in [2.24, 2.45) is 0 Å². The Balaban J connectivity index is 2.67. The van der Waals surface area contributed by atoms with E-state index in [-0.39, 0.29) is 19.4 Å². The van der Waals surface area contributed by atoms with Crippen LogP contribution in [0.25, 0.3) is 0 Å². The first-order chi connectivity index (χ1) is 37.2. The minimum absolute atomic E-state index is 0.117. The molecule has 8 unspecified atom stereocenters. The number of hydrogen-bond donors (Lipinski definition) is 6. The Labute approximate surface area is 465 Å². The largest absolute Gasteiger partial charge is 0.454 e. The van der Waals surface area contributed by atoms with Gasteiger partial charge in [0.05, 0.1) is 25.4 Å². The second kappa shape index (κ2) is 53.0. The number of rotatable bonds is 53. The van der Waals surface area contributed by atoms with Gasteiger partial charge in [0.15, 0.2) is 12.4 Å². The van der Waals surface area contributed by atoms with E-state index >= 15 is 0 Å². The van der Waals surface area contributed by atoms with Gasteiger partial charge in [-0.15, -0.1) is 0 Å². The van der Waals surface area contributed by atoms with Crippen molar-refractivity contribution < 1.29 is 49.3 Å². The standard InChI is InChI=1S/C65H117NO10/c1-4-7-10-13-16-19-22-25-27-29-30-31-33-35-38-41-44-47-50-53-60(70)76-63-62(72)61(71)59(54-67)75-65(63)74-55-56(57(68)51-48-45-42-39-36-24-21-18-15-12-9-6-3)66-64(73)58(69)52-49-46-43-40-37-34-32-28-26-23-20-17-14-11-8-5-2/h16-17,19-20,25-28,48,51,56-59,61-63,65,67-69,71-72H,4-15,18,21-24,29-47,49-50,52-55H2,1-3H3,(H,66,73)/b19-16-,20-17-,27-25-,28-26-,51-48+. The molecule has 1 rings (SSSR count). The van der Waals surface area contributed by atoms with Crippen molar-refractivity contribution in [2.45, 2.75) is 327 Å². The molecule has 1 amide bonds. The third-order valence-corrected chi connectivity index (χ3v) is 14.6.